The van der Waals surface area contributed by atoms with Gasteiger partial charge in [0.25, 0.3) is 0 Å². The van der Waals surface area contributed by atoms with E-state index in [9.17, 15) is 0 Å². The summed E-state index contributed by atoms with van der Waals surface area (Å²) in [5, 5.41) is 6.77. The maximum atomic E-state index is 6.14. The Bertz CT molecular complexity index is 2850. The number of aromatic nitrogens is 5. The molecular formula is C42H25N5O. The third-order valence-corrected chi connectivity index (χ3v) is 9.07. The van der Waals surface area contributed by atoms with Crippen molar-refractivity contribution in [2.75, 3.05) is 0 Å². The van der Waals surface area contributed by atoms with Crippen molar-refractivity contribution in [1.29, 1.82) is 0 Å². The Balaban J connectivity index is 1.23. The van der Waals surface area contributed by atoms with Crippen LogP contribution in [0.5, 0.6) is 0 Å². The average Bonchev–Trinajstić information content (AvgIpc) is 3.69. The van der Waals surface area contributed by atoms with Crippen LogP contribution in [0, 0.1) is 0 Å². The number of nitrogens with zero attached hydrogens (tertiary/aromatic N) is 5. The highest BCUT2D eigenvalue weighted by Gasteiger charge is 2.20. The van der Waals surface area contributed by atoms with E-state index in [1.165, 1.54) is 21.5 Å². The molecule has 0 fully saturated rings. The first-order valence-electron chi connectivity index (χ1n) is 15.9. The van der Waals surface area contributed by atoms with E-state index in [0.29, 0.717) is 28.9 Å². The van der Waals surface area contributed by atoms with Crippen molar-refractivity contribution < 1.29 is 4.42 Å². The maximum Gasteiger partial charge on any atom is 0.227 e. The highest BCUT2D eigenvalue weighted by molar-refractivity contribution is 6.14. The molecule has 0 spiro atoms. The van der Waals surface area contributed by atoms with Crippen LogP contribution < -0.4 is 0 Å². The lowest BCUT2D eigenvalue weighted by atomic mass is 10.1. The molecule has 0 radical (unpaired) electrons. The van der Waals surface area contributed by atoms with Gasteiger partial charge in [0, 0.05) is 32.7 Å². The zero-order chi connectivity index (χ0) is 31.6. The number of benzene rings is 6. The Kier molecular flexibility index (Phi) is 5.77. The molecule has 0 saturated heterocycles. The van der Waals surface area contributed by atoms with Gasteiger partial charge in [-0.2, -0.15) is 0 Å². The van der Waals surface area contributed by atoms with Crippen LogP contribution >= 0.6 is 0 Å². The van der Waals surface area contributed by atoms with E-state index >= 15 is 0 Å². The minimum Gasteiger partial charge on any atom is -0.438 e. The number of hydrogen-bond acceptors (Lipinski definition) is 5. The fraction of sp³-hybridized carbons (Fsp3) is 0. The van der Waals surface area contributed by atoms with Crippen molar-refractivity contribution >= 4 is 54.6 Å². The lowest BCUT2D eigenvalue weighted by Gasteiger charge is -2.14. The maximum absolute atomic E-state index is 6.14. The first kappa shape index (κ1) is 26.5. The molecule has 4 heterocycles. The summed E-state index contributed by atoms with van der Waals surface area (Å²) in [4.78, 5) is 20.1. The monoisotopic (exact) mass is 615 g/mol. The number of hydrogen-bond donors (Lipinski definition) is 0. The summed E-state index contributed by atoms with van der Waals surface area (Å²) in [5.74, 6) is 1.61. The number of pyridine rings is 1. The predicted molar refractivity (Wildman–Crippen MR) is 193 cm³/mol. The molecule has 0 N–H and O–H groups in total. The number of rotatable bonds is 4. The second-order valence-corrected chi connectivity index (χ2v) is 11.9. The van der Waals surface area contributed by atoms with Gasteiger partial charge in [-0.3, -0.25) is 0 Å². The molecular weight excluding hydrogens is 590 g/mol. The van der Waals surface area contributed by atoms with Crippen LogP contribution in [0.25, 0.3) is 94.6 Å². The average molecular weight is 616 g/mol. The number of fused-ring (bicyclic) bond motifs is 7. The summed E-state index contributed by atoms with van der Waals surface area (Å²) in [6, 6.07) is 52.0. The molecule has 0 atom stereocenters. The van der Waals surface area contributed by atoms with Gasteiger partial charge in [0.05, 0.1) is 16.7 Å². The van der Waals surface area contributed by atoms with Gasteiger partial charge in [-0.05, 0) is 59.3 Å². The smallest absolute Gasteiger partial charge is 0.227 e. The molecule has 0 aliphatic heterocycles. The van der Waals surface area contributed by atoms with E-state index in [0.717, 1.165) is 44.2 Å². The lowest BCUT2D eigenvalue weighted by molar-refractivity contribution is 0.654. The summed E-state index contributed by atoms with van der Waals surface area (Å²) in [6.45, 7) is 0. The molecule has 6 aromatic carbocycles. The van der Waals surface area contributed by atoms with E-state index < -0.39 is 0 Å². The van der Waals surface area contributed by atoms with Crippen molar-refractivity contribution in [2.24, 2.45) is 0 Å². The van der Waals surface area contributed by atoms with Gasteiger partial charge in [-0.1, -0.05) is 103 Å². The van der Waals surface area contributed by atoms with Gasteiger partial charge >= 0.3 is 0 Å². The van der Waals surface area contributed by atoms with Crippen LogP contribution in [0.15, 0.2) is 156 Å². The molecule has 48 heavy (non-hydrogen) atoms. The van der Waals surface area contributed by atoms with Gasteiger partial charge in [0.15, 0.2) is 17.5 Å². The highest BCUT2D eigenvalue weighted by Crippen LogP contribution is 2.38. The standard InChI is InChI=1S/C42H25N5O/c1-2-12-26(13-3-1)39-44-40(46-41(45-39)34-23-22-31-30-17-8-11-21-38(30)48-42(31)43-34)32-18-7-10-20-36(32)47-35-19-9-6-16-29(35)33-24-27-14-4-5-15-28(27)25-37(33)47/h1-25H. The fourth-order valence-electron chi connectivity index (χ4n) is 6.83. The molecule has 10 aromatic rings. The molecule has 0 amide bonds. The second kappa shape index (κ2) is 10.4. The summed E-state index contributed by atoms with van der Waals surface area (Å²) < 4.78 is 8.47. The Morgan fingerprint density at radius 2 is 1.12 bits per heavy atom. The minimum absolute atomic E-state index is 0.476. The molecule has 0 aliphatic carbocycles. The van der Waals surface area contributed by atoms with Crippen molar-refractivity contribution in [3.05, 3.63) is 152 Å². The van der Waals surface area contributed by atoms with Gasteiger partial charge in [0.1, 0.15) is 11.3 Å². The number of para-hydroxylation sites is 3. The summed E-state index contributed by atoms with van der Waals surface area (Å²) in [6.07, 6.45) is 0. The molecule has 10 rings (SSSR count). The Morgan fingerprint density at radius 1 is 0.438 bits per heavy atom. The first-order valence-corrected chi connectivity index (χ1v) is 15.9. The molecule has 4 aromatic heterocycles. The van der Waals surface area contributed by atoms with Crippen LogP contribution in [0.2, 0.25) is 0 Å². The summed E-state index contributed by atoms with van der Waals surface area (Å²) >= 11 is 0. The van der Waals surface area contributed by atoms with E-state index in [1.807, 2.05) is 72.8 Å². The second-order valence-electron chi connectivity index (χ2n) is 11.9. The SMILES string of the molecule is c1ccc(-c2nc(-c3ccc4c(n3)oc3ccccc34)nc(-c3ccccc3-n3c4ccccc4c4cc5ccccc5cc43)n2)cc1. The minimum atomic E-state index is 0.476. The van der Waals surface area contributed by atoms with Crippen LogP contribution in [0.4, 0.5) is 0 Å². The van der Waals surface area contributed by atoms with Crippen molar-refractivity contribution in [2.45, 2.75) is 0 Å². The van der Waals surface area contributed by atoms with Crippen molar-refractivity contribution in [3.8, 4) is 40.0 Å². The van der Waals surface area contributed by atoms with Gasteiger partial charge in [-0.25, -0.2) is 19.9 Å². The summed E-state index contributed by atoms with van der Waals surface area (Å²) in [5.41, 5.74) is 6.97. The first-order chi connectivity index (χ1) is 23.8. The third-order valence-electron chi connectivity index (χ3n) is 9.07. The van der Waals surface area contributed by atoms with E-state index in [2.05, 4.69) is 83.4 Å². The van der Waals surface area contributed by atoms with Crippen LogP contribution in [0.1, 0.15) is 0 Å². The Hall–Kier alpha value is -6.66. The van der Waals surface area contributed by atoms with Crippen LogP contribution in [-0.4, -0.2) is 24.5 Å². The quantitative estimate of drug-likeness (QED) is 0.197. The molecule has 0 aliphatic rings. The zero-order valence-electron chi connectivity index (χ0n) is 25.6. The highest BCUT2D eigenvalue weighted by atomic mass is 16.3. The fourth-order valence-corrected chi connectivity index (χ4v) is 6.83. The van der Waals surface area contributed by atoms with Crippen molar-refractivity contribution in [1.82, 2.24) is 24.5 Å². The van der Waals surface area contributed by atoms with Gasteiger partial charge in [-0.15, -0.1) is 0 Å². The lowest BCUT2D eigenvalue weighted by Crippen LogP contribution is -2.04. The molecule has 224 valence electrons. The molecule has 6 heteroatoms. The van der Waals surface area contributed by atoms with Gasteiger partial charge in [0.2, 0.25) is 5.71 Å². The molecule has 0 bridgehead atoms. The van der Waals surface area contributed by atoms with E-state index in [4.69, 9.17) is 24.4 Å². The van der Waals surface area contributed by atoms with Crippen LogP contribution in [0.3, 0.4) is 0 Å². The van der Waals surface area contributed by atoms with E-state index in [1.54, 1.807) is 0 Å². The molecule has 0 unspecified atom stereocenters. The summed E-state index contributed by atoms with van der Waals surface area (Å²) in [7, 11) is 0. The topological polar surface area (TPSA) is 69.6 Å². The molecule has 6 nitrogen and oxygen atoms in total. The third kappa shape index (κ3) is 4.13. The van der Waals surface area contributed by atoms with E-state index in [-0.39, 0.29) is 0 Å². The molecule has 0 saturated carbocycles. The predicted octanol–water partition coefficient (Wildman–Crippen LogP) is 10.4. The van der Waals surface area contributed by atoms with Crippen molar-refractivity contribution in [3.63, 3.8) is 0 Å². The normalized spacial score (nSPS) is 11.8. The Labute approximate surface area is 274 Å². The van der Waals surface area contributed by atoms with Gasteiger partial charge < -0.3 is 8.98 Å². The number of furan rings is 1. The Morgan fingerprint density at radius 3 is 2.02 bits per heavy atom. The zero-order valence-corrected chi connectivity index (χ0v) is 25.6. The largest absolute Gasteiger partial charge is 0.438 e. The van der Waals surface area contributed by atoms with Crippen LogP contribution in [-0.2, 0) is 0 Å².